The SMILES string of the molecule is Fc1ccc(-c2n[c]on2)nc1. The quantitative estimate of drug-likeness (QED) is 0.632. The lowest BCUT2D eigenvalue weighted by molar-refractivity contribution is 0.411. The minimum atomic E-state index is -0.397. The third-order valence-corrected chi connectivity index (χ3v) is 1.28. The number of hydrogen-bond donors (Lipinski definition) is 0. The molecule has 0 bridgehead atoms. The number of pyridine rings is 1. The second-order valence-corrected chi connectivity index (χ2v) is 2.07. The van der Waals surface area contributed by atoms with Crippen LogP contribution < -0.4 is 0 Å². The molecule has 1 radical (unpaired) electrons. The third kappa shape index (κ3) is 1.16. The Kier molecular flexibility index (Phi) is 1.55. The summed E-state index contributed by atoms with van der Waals surface area (Å²) in [4.78, 5) is 7.37. The first-order chi connectivity index (χ1) is 5.86. The van der Waals surface area contributed by atoms with Crippen molar-refractivity contribution < 1.29 is 8.91 Å². The molecule has 0 atom stereocenters. The first kappa shape index (κ1) is 6.90. The summed E-state index contributed by atoms with van der Waals surface area (Å²) in [6.07, 6.45) is 3.26. The number of hydrogen-bond acceptors (Lipinski definition) is 4. The van der Waals surface area contributed by atoms with Crippen molar-refractivity contribution in [1.82, 2.24) is 15.1 Å². The molecule has 0 spiro atoms. The van der Waals surface area contributed by atoms with Crippen molar-refractivity contribution in [3.8, 4) is 11.5 Å². The summed E-state index contributed by atoms with van der Waals surface area (Å²) in [6.45, 7) is 0. The van der Waals surface area contributed by atoms with E-state index in [0.717, 1.165) is 6.20 Å². The second kappa shape index (κ2) is 2.69. The highest BCUT2D eigenvalue weighted by Gasteiger charge is 2.03. The Balaban J connectivity index is 2.43. The molecule has 0 fully saturated rings. The molecule has 0 N–H and O–H groups in total. The van der Waals surface area contributed by atoms with E-state index < -0.39 is 5.82 Å². The zero-order valence-electron chi connectivity index (χ0n) is 5.86. The molecule has 0 amide bonds. The molecule has 2 aromatic heterocycles. The van der Waals surface area contributed by atoms with Gasteiger partial charge >= 0.3 is 6.39 Å². The molecule has 0 unspecified atom stereocenters. The fourth-order valence-electron chi connectivity index (χ4n) is 0.760. The van der Waals surface area contributed by atoms with Crippen LogP contribution in [0.2, 0.25) is 0 Å². The average molecular weight is 164 g/mol. The average Bonchev–Trinajstić information content (AvgIpc) is 2.58. The fraction of sp³-hybridized carbons (Fsp3) is 0. The van der Waals surface area contributed by atoms with Crippen LogP contribution in [0.25, 0.3) is 11.5 Å². The van der Waals surface area contributed by atoms with Gasteiger partial charge in [0.2, 0.25) is 5.82 Å². The van der Waals surface area contributed by atoms with E-state index in [2.05, 4.69) is 26.0 Å². The van der Waals surface area contributed by atoms with Crippen LogP contribution >= 0.6 is 0 Å². The van der Waals surface area contributed by atoms with Crippen LogP contribution in [0.5, 0.6) is 0 Å². The Morgan fingerprint density at radius 3 is 2.92 bits per heavy atom. The predicted molar refractivity (Wildman–Crippen MR) is 36.3 cm³/mol. The van der Waals surface area contributed by atoms with Gasteiger partial charge in [-0.3, -0.25) is 0 Å². The van der Waals surface area contributed by atoms with Crippen molar-refractivity contribution in [2.45, 2.75) is 0 Å². The number of halogens is 1. The van der Waals surface area contributed by atoms with Gasteiger partial charge in [0, 0.05) is 0 Å². The summed E-state index contributed by atoms with van der Waals surface area (Å²) < 4.78 is 16.8. The summed E-state index contributed by atoms with van der Waals surface area (Å²) >= 11 is 0. The van der Waals surface area contributed by atoms with Crippen LogP contribution in [0.1, 0.15) is 0 Å². The molecule has 4 nitrogen and oxygen atoms in total. The molecular weight excluding hydrogens is 161 g/mol. The van der Waals surface area contributed by atoms with Gasteiger partial charge in [-0.25, -0.2) is 9.37 Å². The summed E-state index contributed by atoms with van der Waals surface area (Å²) in [5, 5.41) is 3.49. The highest BCUT2D eigenvalue weighted by Crippen LogP contribution is 2.09. The molecule has 59 valence electrons. The predicted octanol–water partition coefficient (Wildman–Crippen LogP) is 1.07. The zero-order chi connectivity index (χ0) is 8.39. The molecular formula is C7H3FN3O. The maximum absolute atomic E-state index is 12.4. The van der Waals surface area contributed by atoms with Crippen molar-refractivity contribution in [1.29, 1.82) is 0 Å². The number of nitrogens with zero attached hydrogens (tertiary/aromatic N) is 3. The van der Waals surface area contributed by atoms with Crippen LogP contribution in [0.3, 0.4) is 0 Å². The molecule has 2 aromatic rings. The minimum absolute atomic E-state index is 0.301. The molecule has 12 heavy (non-hydrogen) atoms. The van der Waals surface area contributed by atoms with Crippen LogP contribution in [-0.2, 0) is 0 Å². The van der Waals surface area contributed by atoms with E-state index >= 15 is 0 Å². The van der Waals surface area contributed by atoms with Gasteiger partial charge < -0.3 is 4.52 Å². The molecule has 0 saturated carbocycles. The highest BCUT2D eigenvalue weighted by molar-refractivity contribution is 5.46. The first-order valence-corrected chi connectivity index (χ1v) is 3.18. The van der Waals surface area contributed by atoms with Gasteiger partial charge in [0.05, 0.1) is 6.20 Å². The first-order valence-electron chi connectivity index (χ1n) is 3.18. The molecule has 2 rings (SSSR count). The Morgan fingerprint density at radius 2 is 2.33 bits per heavy atom. The minimum Gasteiger partial charge on any atom is -0.328 e. The Bertz CT molecular complexity index is 357. The van der Waals surface area contributed by atoms with E-state index in [0.29, 0.717) is 11.5 Å². The second-order valence-electron chi connectivity index (χ2n) is 2.07. The van der Waals surface area contributed by atoms with Crippen molar-refractivity contribution in [2.24, 2.45) is 0 Å². The van der Waals surface area contributed by atoms with Gasteiger partial charge in [-0.05, 0) is 12.1 Å². The van der Waals surface area contributed by atoms with Crippen molar-refractivity contribution in [3.63, 3.8) is 0 Å². The van der Waals surface area contributed by atoms with Crippen LogP contribution in [0.15, 0.2) is 22.9 Å². The topological polar surface area (TPSA) is 51.8 Å². The Hall–Kier alpha value is -1.78. The van der Waals surface area contributed by atoms with E-state index in [4.69, 9.17) is 0 Å². The molecule has 0 aromatic carbocycles. The van der Waals surface area contributed by atoms with E-state index in [-0.39, 0.29) is 0 Å². The lowest BCUT2D eigenvalue weighted by Gasteiger charge is -1.90. The van der Waals surface area contributed by atoms with Crippen LogP contribution in [-0.4, -0.2) is 15.1 Å². The standard InChI is InChI=1S/C7H3FN3O/c8-5-1-2-6(9-3-5)7-10-4-12-11-7/h1-3H. The van der Waals surface area contributed by atoms with Crippen molar-refractivity contribution in [3.05, 3.63) is 30.5 Å². The van der Waals surface area contributed by atoms with E-state index in [1.165, 1.54) is 12.1 Å². The summed E-state index contributed by atoms with van der Waals surface area (Å²) in [5.74, 6) is -0.0961. The monoisotopic (exact) mass is 164 g/mol. The van der Waals surface area contributed by atoms with Gasteiger partial charge in [0.15, 0.2) is 0 Å². The third-order valence-electron chi connectivity index (χ3n) is 1.28. The van der Waals surface area contributed by atoms with E-state index in [9.17, 15) is 4.39 Å². The molecule has 0 saturated heterocycles. The maximum Gasteiger partial charge on any atom is 0.316 e. The van der Waals surface area contributed by atoms with Gasteiger partial charge in [0.25, 0.3) is 0 Å². The van der Waals surface area contributed by atoms with Gasteiger partial charge in [-0.2, -0.15) is 4.98 Å². The molecule has 2 heterocycles. The maximum atomic E-state index is 12.4. The van der Waals surface area contributed by atoms with Crippen molar-refractivity contribution >= 4 is 0 Å². The van der Waals surface area contributed by atoms with E-state index in [1.807, 2.05) is 0 Å². The normalized spacial score (nSPS) is 10.1. The van der Waals surface area contributed by atoms with Gasteiger partial charge in [-0.1, -0.05) is 5.16 Å². The van der Waals surface area contributed by atoms with E-state index in [1.54, 1.807) is 0 Å². The number of rotatable bonds is 1. The van der Waals surface area contributed by atoms with Gasteiger partial charge in [-0.15, -0.1) is 0 Å². The summed E-state index contributed by atoms with van der Waals surface area (Å²) in [7, 11) is 0. The lowest BCUT2D eigenvalue weighted by atomic mass is 10.3. The van der Waals surface area contributed by atoms with Crippen molar-refractivity contribution in [2.75, 3.05) is 0 Å². The largest absolute Gasteiger partial charge is 0.328 e. The molecule has 0 aliphatic heterocycles. The fourth-order valence-corrected chi connectivity index (χ4v) is 0.760. The Morgan fingerprint density at radius 1 is 1.42 bits per heavy atom. The summed E-state index contributed by atoms with van der Waals surface area (Å²) in [5.41, 5.74) is 0.460. The molecule has 0 aliphatic rings. The highest BCUT2D eigenvalue weighted by atomic mass is 19.1. The molecule has 0 aliphatic carbocycles. The smallest absolute Gasteiger partial charge is 0.316 e. The van der Waals surface area contributed by atoms with Crippen LogP contribution in [0, 0.1) is 12.2 Å². The molecule has 5 heteroatoms. The Labute approximate surface area is 67.1 Å². The van der Waals surface area contributed by atoms with Crippen LogP contribution in [0.4, 0.5) is 4.39 Å². The zero-order valence-corrected chi connectivity index (χ0v) is 5.86. The number of aromatic nitrogens is 3. The lowest BCUT2D eigenvalue weighted by Crippen LogP contribution is -1.85. The summed E-state index contributed by atoms with van der Waals surface area (Å²) in [6, 6.07) is 2.74. The van der Waals surface area contributed by atoms with Gasteiger partial charge in [0.1, 0.15) is 11.5 Å².